The molecule has 1 aliphatic heterocycles. The molecule has 2 aromatic rings. The summed E-state index contributed by atoms with van der Waals surface area (Å²) < 4.78 is 1.84. The molecule has 3 heterocycles. The van der Waals surface area contributed by atoms with Crippen LogP contribution in [0.15, 0.2) is 12.4 Å². The molecule has 0 bridgehead atoms. The lowest BCUT2D eigenvalue weighted by Crippen LogP contribution is -2.47. The smallest absolute Gasteiger partial charge is 0.251 e. The van der Waals surface area contributed by atoms with Gasteiger partial charge in [-0.15, -0.1) is 0 Å². The standard InChI is InChI=1S/C14H18N6O/c15-14(21)9-4-16-20(5-9)10-6-19(7-10)8-13-11-2-1-3-12(11)17-18-13/h4-5,10H,1-3,6-8H2,(H2,15,21)(H,17,18). The molecule has 21 heavy (non-hydrogen) atoms. The van der Waals surface area contributed by atoms with E-state index in [9.17, 15) is 4.79 Å². The maximum absolute atomic E-state index is 11.1. The summed E-state index contributed by atoms with van der Waals surface area (Å²) in [5.41, 5.74) is 9.65. The molecule has 1 amide bonds. The number of primary amides is 1. The molecular formula is C14H18N6O. The predicted octanol–water partition coefficient (Wildman–Crippen LogP) is 0.251. The number of hydrogen-bond acceptors (Lipinski definition) is 4. The number of H-pyrrole nitrogens is 1. The molecular weight excluding hydrogens is 268 g/mol. The molecule has 0 aromatic carbocycles. The zero-order valence-electron chi connectivity index (χ0n) is 11.7. The van der Waals surface area contributed by atoms with E-state index in [0.29, 0.717) is 11.6 Å². The molecule has 2 aliphatic rings. The van der Waals surface area contributed by atoms with Crippen molar-refractivity contribution in [2.24, 2.45) is 5.73 Å². The van der Waals surface area contributed by atoms with Gasteiger partial charge in [0, 0.05) is 31.5 Å². The minimum absolute atomic E-state index is 0.324. The highest BCUT2D eigenvalue weighted by atomic mass is 16.1. The number of aromatic nitrogens is 4. The summed E-state index contributed by atoms with van der Waals surface area (Å²) in [6.45, 7) is 2.76. The topological polar surface area (TPSA) is 92.8 Å². The number of rotatable bonds is 4. The van der Waals surface area contributed by atoms with Gasteiger partial charge in [-0.05, 0) is 24.8 Å². The SMILES string of the molecule is NC(=O)c1cnn(C2CN(Cc3n[nH]c4c3CCC4)C2)c1. The molecule has 0 radical (unpaired) electrons. The van der Waals surface area contributed by atoms with Crippen LogP contribution in [0.3, 0.4) is 0 Å². The Morgan fingerprint density at radius 1 is 1.43 bits per heavy atom. The quantitative estimate of drug-likeness (QED) is 0.842. The van der Waals surface area contributed by atoms with Crippen LogP contribution in [0.5, 0.6) is 0 Å². The summed E-state index contributed by atoms with van der Waals surface area (Å²) in [6, 6.07) is 0.324. The third kappa shape index (κ3) is 2.13. The number of nitrogens with two attached hydrogens (primary N) is 1. The van der Waals surface area contributed by atoms with Gasteiger partial charge in [-0.3, -0.25) is 19.5 Å². The fourth-order valence-electron chi connectivity index (χ4n) is 3.23. The van der Waals surface area contributed by atoms with Gasteiger partial charge in [0.15, 0.2) is 0 Å². The zero-order valence-corrected chi connectivity index (χ0v) is 11.7. The monoisotopic (exact) mass is 286 g/mol. The number of aryl methyl sites for hydroxylation is 1. The van der Waals surface area contributed by atoms with Crippen LogP contribution in [0.2, 0.25) is 0 Å². The molecule has 110 valence electrons. The third-order valence-corrected chi connectivity index (χ3v) is 4.46. The van der Waals surface area contributed by atoms with Gasteiger partial charge in [0.05, 0.1) is 23.5 Å². The molecule has 1 aliphatic carbocycles. The molecule has 1 saturated heterocycles. The van der Waals surface area contributed by atoms with Crippen LogP contribution in [-0.4, -0.2) is 43.9 Å². The lowest BCUT2D eigenvalue weighted by molar-refractivity contribution is 0.0890. The third-order valence-electron chi connectivity index (χ3n) is 4.46. The van der Waals surface area contributed by atoms with Crippen LogP contribution in [0, 0.1) is 0 Å². The summed E-state index contributed by atoms with van der Waals surface area (Å²) in [7, 11) is 0. The molecule has 7 nitrogen and oxygen atoms in total. The average Bonchev–Trinajstić information content (AvgIpc) is 3.10. The number of nitrogens with one attached hydrogen (secondary N) is 1. The first-order chi connectivity index (χ1) is 10.2. The Kier molecular flexibility index (Phi) is 2.81. The van der Waals surface area contributed by atoms with Crippen molar-refractivity contribution < 1.29 is 4.79 Å². The molecule has 2 aromatic heterocycles. The van der Waals surface area contributed by atoms with E-state index in [1.807, 2.05) is 4.68 Å². The maximum Gasteiger partial charge on any atom is 0.251 e. The minimum atomic E-state index is -0.426. The van der Waals surface area contributed by atoms with Gasteiger partial charge in [-0.2, -0.15) is 10.2 Å². The van der Waals surface area contributed by atoms with Gasteiger partial charge in [0.2, 0.25) is 0 Å². The first-order valence-corrected chi connectivity index (χ1v) is 7.32. The zero-order chi connectivity index (χ0) is 14.4. The number of carbonyl (C=O) groups excluding carboxylic acids is 1. The summed E-state index contributed by atoms with van der Waals surface area (Å²) in [5.74, 6) is -0.426. The fraction of sp³-hybridized carbons (Fsp3) is 0.500. The lowest BCUT2D eigenvalue weighted by atomic mass is 10.1. The van der Waals surface area contributed by atoms with Crippen molar-refractivity contribution >= 4 is 5.91 Å². The van der Waals surface area contributed by atoms with E-state index in [1.54, 1.807) is 6.20 Å². The molecule has 3 N–H and O–H groups in total. The Hall–Kier alpha value is -2.15. The normalized spacial score (nSPS) is 18.7. The van der Waals surface area contributed by atoms with Crippen molar-refractivity contribution in [3.63, 3.8) is 0 Å². The maximum atomic E-state index is 11.1. The highest BCUT2D eigenvalue weighted by Gasteiger charge is 2.31. The van der Waals surface area contributed by atoms with E-state index >= 15 is 0 Å². The Labute approximate surface area is 122 Å². The van der Waals surface area contributed by atoms with Gasteiger partial charge >= 0.3 is 0 Å². The van der Waals surface area contributed by atoms with E-state index in [4.69, 9.17) is 5.73 Å². The van der Waals surface area contributed by atoms with Crippen LogP contribution >= 0.6 is 0 Å². The Balaban J connectivity index is 1.37. The van der Waals surface area contributed by atoms with E-state index in [1.165, 1.54) is 29.6 Å². The largest absolute Gasteiger partial charge is 0.366 e. The average molecular weight is 286 g/mol. The minimum Gasteiger partial charge on any atom is -0.366 e. The number of aromatic amines is 1. The van der Waals surface area contributed by atoms with Gasteiger partial charge in [-0.25, -0.2) is 0 Å². The highest BCUT2D eigenvalue weighted by Crippen LogP contribution is 2.27. The molecule has 0 unspecified atom stereocenters. The Morgan fingerprint density at radius 3 is 3.05 bits per heavy atom. The van der Waals surface area contributed by atoms with Crippen molar-refractivity contribution in [2.75, 3.05) is 13.1 Å². The number of fused-ring (bicyclic) bond motifs is 1. The molecule has 0 spiro atoms. The first-order valence-electron chi connectivity index (χ1n) is 7.32. The number of carbonyl (C=O) groups is 1. The van der Waals surface area contributed by atoms with Gasteiger partial charge in [0.1, 0.15) is 0 Å². The Morgan fingerprint density at radius 2 is 2.29 bits per heavy atom. The number of hydrogen-bond donors (Lipinski definition) is 2. The van der Waals surface area contributed by atoms with Crippen molar-refractivity contribution in [3.8, 4) is 0 Å². The second kappa shape index (κ2) is 4.70. The summed E-state index contributed by atoms with van der Waals surface area (Å²) in [5, 5.41) is 11.8. The Bertz CT molecular complexity index is 681. The van der Waals surface area contributed by atoms with Crippen LogP contribution in [0.25, 0.3) is 0 Å². The number of likely N-dealkylation sites (tertiary alicyclic amines) is 1. The van der Waals surface area contributed by atoms with Crippen molar-refractivity contribution in [1.82, 2.24) is 24.9 Å². The highest BCUT2D eigenvalue weighted by molar-refractivity contribution is 5.92. The molecule has 1 fully saturated rings. The second-order valence-corrected chi connectivity index (χ2v) is 5.90. The summed E-state index contributed by atoms with van der Waals surface area (Å²) in [4.78, 5) is 13.4. The van der Waals surface area contributed by atoms with Crippen molar-refractivity contribution in [1.29, 1.82) is 0 Å². The molecule has 0 atom stereocenters. The first kappa shape index (κ1) is 12.6. The van der Waals surface area contributed by atoms with Crippen molar-refractivity contribution in [2.45, 2.75) is 31.8 Å². The van der Waals surface area contributed by atoms with E-state index in [0.717, 1.165) is 32.5 Å². The second-order valence-electron chi connectivity index (χ2n) is 5.90. The van der Waals surface area contributed by atoms with E-state index in [-0.39, 0.29) is 0 Å². The van der Waals surface area contributed by atoms with Gasteiger partial charge in [0.25, 0.3) is 5.91 Å². The van der Waals surface area contributed by atoms with E-state index in [2.05, 4.69) is 20.2 Å². The van der Waals surface area contributed by atoms with Crippen LogP contribution < -0.4 is 5.73 Å². The molecule has 0 saturated carbocycles. The van der Waals surface area contributed by atoms with Gasteiger partial charge in [-0.1, -0.05) is 0 Å². The van der Waals surface area contributed by atoms with Crippen LogP contribution in [0.1, 0.15) is 39.8 Å². The lowest BCUT2D eigenvalue weighted by Gasteiger charge is -2.38. The van der Waals surface area contributed by atoms with Crippen LogP contribution in [-0.2, 0) is 19.4 Å². The van der Waals surface area contributed by atoms with Crippen molar-refractivity contribution in [3.05, 3.63) is 34.9 Å². The number of amides is 1. The molecule has 7 heteroatoms. The van der Waals surface area contributed by atoms with Crippen LogP contribution in [0.4, 0.5) is 0 Å². The van der Waals surface area contributed by atoms with Gasteiger partial charge < -0.3 is 5.73 Å². The molecule has 4 rings (SSSR count). The summed E-state index contributed by atoms with van der Waals surface area (Å²) >= 11 is 0. The summed E-state index contributed by atoms with van der Waals surface area (Å²) in [6.07, 6.45) is 6.79. The number of nitrogens with zero attached hydrogens (tertiary/aromatic N) is 4. The predicted molar refractivity (Wildman–Crippen MR) is 75.7 cm³/mol. The van der Waals surface area contributed by atoms with E-state index < -0.39 is 5.91 Å². The fourth-order valence-corrected chi connectivity index (χ4v) is 3.23.